The van der Waals surface area contributed by atoms with Crippen LogP contribution in [-0.4, -0.2) is 12.9 Å². The van der Waals surface area contributed by atoms with Crippen molar-refractivity contribution in [1.29, 1.82) is 0 Å². The number of ketones is 1. The zero-order valence-electron chi connectivity index (χ0n) is 11.0. The second-order valence-electron chi connectivity index (χ2n) is 4.44. The van der Waals surface area contributed by atoms with E-state index in [4.69, 9.17) is 21.1 Å². The summed E-state index contributed by atoms with van der Waals surface area (Å²) < 4.78 is 24.3. The molecular weight excluding hydrogens is 295 g/mol. The van der Waals surface area contributed by atoms with Crippen LogP contribution in [0.3, 0.4) is 0 Å². The van der Waals surface area contributed by atoms with Gasteiger partial charge in [-0.05, 0) is 30.3 Å². The Labute approximate surface area is 125 Å². The smallest absolute Gasteiger partial charge is 0.231 e. The van der Waals surface area contributed by atoms with Crippen molar-refractivity contribution in [2.24, 2.45) is 0 Å². The summed E-state index contributed by atoms with van der Waals surface area (Å²) in [7, 11) is 1.52. The van der Waals surface area contributed by atoms with Crippen molar-refractivity contribution in [3.63, 3.8) is 0 Å². The van der Waals surface area contributed by atoms with E-state index < -0.39 is 5.82 Å². The highest BCUT2D eigenvalue weighted by atomic mass is 35.5. The zero-order valence-corrected chi connectivity index (χ0v) is 11.8. The second kappa shape index (κ2) is 5.22. The Balaban J connectivity index is 2.03. The number of Topliss-reactive ketones (excluding diaryl/α,β-unsaturated/α-hetero) is 1. The summed E-state index contributed by atoms with van der Waals surface area (Å²) in [4.78, 5) is 12.2. The lowest BCUT2D eigenvalue weighted by Gasteiger charge is -2.03. The molecule has 2 aromatic carbocycles. The van der Waals surface area contributed by atoms with E-state index in [9.17, 15) is 9.18 Å². The summed E-state index contributed by atoms with van der Waals surface area (Å²) in [6, 6.07) is 9.20. The third-order valence-electron chi connectivity index (χ3n) is 3.15. The minimum Gasteiger partial charge on any atom is -0.497 e. The van der Waals surface area contributed by atoms with Gasteiger partial charge in [0.05, 0.1) is 17.7 Å². The van der Waals surface area contributed by atoms with Crippen LogP contribution in [0.15, 0.2) is 42.2 Å². The molecule has 0 atom stereocenters. The molecule has 2 aromatic rings. The Morgan fingerprint density at radius 3 is 2.81 bits per heavy atom. The molecule has 0 saturated heterocycles. The molecule has 0 N–H and O–H groups in total. The minimum absolute atomic E-state index is 0.0326. The Morgan fingerprint density at radius 1 is 1.29 bits per heavy atom. The van der Waals surface area contributed by atoms with Gasteiger partial charge in [-0.3, -0.25) is 4.79 Å². The first-order valence-electron chi connectivity index (χ1n) is 6.16. The average Bonchev–Trinajstić information content (AvgIpc) is 2.79. The van der Waals surface area contributed by atoms with Crippen LogP contribution in [0.5, 0.6) is 11.5 Å². The van der Waals surface area contributed by atoms with Crippen molar-refractivity contribution in [2.45, 2.75) is 0 Å². The van der Waals surface area contributed by atoms with E-state index in [1.807, 2.05) is 0 Å². The van der Waals surface area contributed by atoms with E-state index in [-0.39, 0.29) is 22.1 Å². The van der Waals surface area contributed by atoms with Crippen LogP contribution in [0, 0.1) is 5.82 Å². The Bertz CT molecular complexity index is 748. The van der Waals surface area contributed by atoms with Crippen LogP contribution in [0.2, 0.25) is 5.02 Å². The first kappa shape index (κ1) is 13.6. The molecule has 0 spiro atoms. The lowest BCUT2D eigenvalue weighted by Crippen LogP contribution is -1.99. The van der Waals surface area contributed by atoms with Gasteiger partial charge in [0.25, 0.3) is 0 Å². The Morgan fingerprint density at radius 2 is 2.10 bits per heavy atom. The second-order valence-corrected chi connectivity index (χ2v) is 4.84. The van der Waals surface area contributed by atoms with Gasteiger partial charge in [-0.25, -0.2) is 4.39 Å². The molecule has 0 amide bonds. The van der Waals surface area contributed by atoms with E-state index >= 15 is 0 Å². The number of rotatable bonds is 2. The molecule has 5 heteroatoms. The first-order chi connectivity index (χ1) is 10.1. The number of allylic oxidation sites excluding steroid dienone is 1. The molecule has 0 radical (unpaired) electrons. The molecule has 0 unspecified atom stereocenters. The zero-order chi connectivity index (χ0) is 15.0. The van der Waals surface area contributed by atoms with Gasteiger partial charge in [0, 0.05) is 11.6 Å². The maximum absolute atomic E-state index is 13.8. The Kier molecular flexibility index (Phi) is 3.39. The highest BCUT2D eigenvalue weighted by molar-refractivity contribution is 6.32. The largest absolute Gasteiger partial charge is 0.497 e. The fourth-order valence-electron chi connectivity index (χ4n) is 2.07. The monoisotopic (exact) mass is 304 g/mol. The fraction of sp³-hybridized carbons (Fsp3) is 0.0625. The molecule has 0 aliphatic carbocycles. The van der Waals surface area contributed by atoms with Gasteiger partial charge in [-0.2, -0.15) is 0 Å². The number of methoxy groups -OCH3 is 1. The average molecular weight is 305 g/mol. The van der Waals surface area contributed by atoms with Gasteiger partial charge in [-0.15, -0.1) is 0 Å². The molecule has 0 bridgehead atoms. The van der Waals surface area contributed by atoms with Crippen molar-refractivity contribution < 1.29 is 18.7 Å². The van der Waals surface area contributed by atoms with Gasteiger partial charge in [-0.1, -0.05) is 17.7 Å². The van der Waals surface area contributed by atoms with E-state index in [0.29, 0.717) is 17.1 Å². The van der Waals surface area contributed by atoms with E-state index in [1.165, 1.54) is 25.3 Å². The molecule has 0 aromatic heterocycles. The predicted octanol–water partition coefficient (Wildman–Crippen LogP) is 4.10. The topological polar surface area (TPSA) is 35.5 Å². The summed E-state index contributed by atoms with van der Waals surface area (Å²) in [5.74, 6) is 0.168. The number of hydrogen-bond acceptors (Lipinski definition) is 3. The summed E-state index contributed by atoms with van der Waals surface area (Å²) in [6.45, 7) is 0. The summed E-state index contributed by atoms with van der Waals surface area (Å²) in [6.07, 6.45) is 1.31. The lowest BCUT2D eigenvalue weighted by molar-refractivity contribution is 0.101. The lowest BCUT2D eigenvalue weighted by atomic mass is 10.1. The van der Waals surface area contributed by atoms with Crippen molar-refractivity contribution in [3.8, 4) is 11.5 Å². The van der Waals surface area contributed by atoms with E-state index in [0.717, 1.165) is 0 Å². The van der Waals surface area contributed by atoms with Crippen LogP contribution < -0.4 is 9.47 Å². The number of halogens is 2. The van der Waals surface area contributed by atoms with Crippen molar-refractivity contribution in [2.75, 3.05) is 7.11 Å². The highest BCUT2D eigenvalue weighted by Gasteiger charge is 2.28. The summed E-state index contributed by atoms with van der Waals surface area (Å²) in [5, 5.41) is 0.215. The molecule has 1 aliphatic heterocycles. The molecule has 1 aliphatic rings. The van der Waals surface area contributed by atoms with Crippen molar-refractivity contribution in [1.82, 2.24) is 0 Å². The van der Waals surface area contributed by atoms with Crippen LogP contribution in [0.4, 0.5) is 4.39 Å². The number of carbonyl (C=O) groups excluding carboxylic acids is 1. The van der Waals surface area contributed by atoms with Crippen molar-refractivity contribution >= 4 is 23.5 Å². The molecule has 21 heavy (non-hydrogen) atoms. The molecule has 106 valence electrons. The summed E-state index contributed by atoms with van der Waals surface area (Å²) >= 11 is 5.94. The molecule has 0 saturated carbocycles. The number of benzene rings is 2. The SMILES string of the molecule is COc1ccc2c(c1)OC(=Cc1c(F)cccc1Cl)C2=O. The maximum atomic E-state index is 13.8. The molecular formula is C16H10ClFO3. The van der Waals surface area contributed by atoms with Crippen LogP contribution in [0.1, 0.15) is 15.9 Å². The van der Waals surface area contributed by atoms with Crippen LogP contribution >= 0.6 is 11.6 Å². The van der Waals surface area contributed by atoms with Crippen LogP contribution in [0.25, 0.3) is 6.08 Å². The number of fused-ring (bicyclic) bond motifs is 1. The van der Waals surface area contributed by atoms with Crippen molar-refractivity contribution in [3.05, 3.63) is 64.1 Å². The Hall–Kier alpha value is -2.33. The number of hydrogen-bond donors (Lipinski definition) is 0. The third kappa shape index (κ3) is 2.38. The molecule has 0 fully saturated rings. The van der Waals surface area contributed by atoms with Gasteiger partial charge in [0.2, 0.25) is 5.78 Å². The summed E-state index contributed by atoms with van der Waals surface area (Å²) in [5.41, 5.74) is 0.539. The van der Waals surface area contributed by atoms with Gasteiger partial charge >= 0.3 is 0 Å². The van der Waals surface area contributed by atoms with Gasteiger partial charge in [0.1, 0.15) is 17.3 Å². The molecule has 3 nitrogen and oxygen atoms in total. The van der Waals surface area contributed by atoms with E-state index in [1.54, 1.807) is 24.3 Å². The fourth-order valence-corrected chi connectivity index (χ4v) is 2.29. The standard InChI is InChI=1S/C16H10ClFO3/c1-20-9-5-6-10-14(7-9)21-15(16(10)19)8-11-12(17)3-2-4-13(11)18/h2-8H,1H3. The van der Waals surface area contributed by atoms with Gasteiger partial charge in [0.15, 0.2) is 5.76 Å². The molecule has 3 rings (SSSR count). The maximum Gasteiger partial charge on any atom is 0.231 e. The van der Waals surface area contributed by atoms with E-state index in [2.05, 4.69) is 0 Å². The normalized spacial score (nSPS) is 15.0. The van der Waals surface area contributed by atoms with Gasteiger partial charge < -0.3 is 9.47 Å². The van der Waals surface area contributed by atoms with Crippen LogP contribution in [-0.2, 0) is 0 Å². The third-order valence-corrected chi connectivity index (χ3v) is 3.48. The number of carbonyl (C=O) groups is 1. The predicted molar refractivity (Wildman–Crippen MR) is 77.3 cm³/mol. The molecule has 1 heterocycles. The number of ether oxygens (including phenoxy) is 2. The minimum atomic E-state index is -0.514. The first-order valence-corrected chi connectivity index (χ1v) is 6.54. The quantitative estimate of drug-likeness (QED) is 0.783. The highest BCUT2D eigenvalue weighted by Crippen LogP contribution is 2.35.